The van der Waals surface area contributed by atoms with E-state index in [1.165, 1.54) is 16.4 Å². The van der Waals surface area contributed by atoms with E-state index in [1.54, 1.807) is 63.2 Å². The van der Waals surface area contributed by atoms with Gasteiger partial charge < -0.3 is 10.1 Å². The first-order valence-electron chi connectivity index (χ1n) is 10.6. The van der Waals surface area contributed by atoms with E-state index in [2.05, 4.69) is 5.32 Å². The zero-order valence-corrected chi connectivity index (χ0v) is 20.5. The number of carbonyl (C=O) groups excluding carboxylic acids is 1. The molecule has 1 amide bonds. The smallest absolute Gasteiger partial charge is 0.264 e. The van der Waals surface area contributed by atoms with Crippen LogP contribution in [0.15, 0.2) is 71.6 Å². The molecular formula is C25H24ClFN2O4S. The second-order valence-corrected chi connectivity index (χ2v) is 11.0. The lowest BCUT2D eigenvalue weighted by molar-refractivity contribution is -0.120. The van der Waals surface area contributed by atoms with Crippen LogP contribution >= 0.6 is 11.6 Å². The van der Waals surface area contributed by atoms with E-state index >= 15 is 0 Å². The topological polar surface area (TPSA) is 75.7 Å². The van der Waals surface area contributed by atoms with Crippen molar-refractivity contribution in [3.8, 4) is 5.75 Å². The summed E-state index contributed by atoms with van der Waals surface area (Å²) in [7, 11) is -3.98. The quantitative estimate of drug-likeness (QED) is 0.509. The molecule has 6 nitrogen and oxygen atoms in total. The van der Waals surface area contributed by atoms with Gasteiger partial charge in [-0.25, -0.2) is 12.8 Å². The highest BCUT2D eigenvalue weighted by atomic mass is 35.5. The molecule has 1 aliphatic heterocycles. The predicted molar refractivity (Wildman–Crippen MR) is 131 cm³/mol. The summed E-state index contributed by atoms with van der Waals surface area (Å²) in [6.45, 7) is 5.42. The molecule has 0 aromatic heterocycles. The van der Waals surface area contributed by atoms with E-state index in [9.17, 15) is 17.6 Å². The number of amides is 1. The molecule has 0 saturated heterocycles. The molecule has 3 aromatic rings. The van der Waals surface area contributed by atoms with Crippen molar-refractivity contribution in [1.29, 1.82) is 0 Å². The van der Waals surface area contributed by atoms with Crippen LogP contribution in [0.1, 0.15) is 26.3 Å². The molecule has 178 valence electrons. The Morgan fingerprint density at radius 1 is 1.09 bits per heavy atom. The molecule has 34 heavy (non-hydrogen) atoms. The van der Waals surface area contributed by atoms with E-state index < -0.39 is 27.4 Å². The zero-order valence-electron chi connectivity index (χ0n) is 18.9. The SMILES string of the molecule is CC1CN(S(=O)(=O)c2ccc(F)cc2)c2cc(NC(=O)C(C)(C)c3ccc(Cl)cc3)ccc2O1. The number of rotatable bonds is 5. The summed E-state index contributed by atoms with van der Waals surface area (Å²) in [5.41, 5.74) is 0.628. The van der Waals surface area contributed by atoms with Gasteiger partial charge in [0.15, 0.2) is 0 Å². The van der Waals surface area contributed by atoms with Crippen molar-refractivity contribution in [1.82, 2.24) is 0 Å². The van der Waals surface area contributed by atoms with Gasteiger partial charge in [-0.15, -0.1) is 0 Å². The van der Waals surface area contributed by atoms with Crippen LogP contribution in [-0.2, 0) is 20.2 Å². The molecule has 0 aliphatic carbocycles. The number of fused-ring (bicyclic) bond motifs is 1. The maximum Gasteiger partial charge on any atom is 0.264 e. The summed E-state index contributed by atoms with van der Waals surface area (Å²) in [6.07, 6.45) is -0.396. The molecule has 4 rings (SSSR count). The Morgan fingerprint density at radius 2 is 1.74 bits per heavy atom. The third-order valence-electron chi connectivity index (χ3n) is 5.77. The number of benzene rings is 3. The van der Waals surface area contributed by atoms with Gasteiger partial charge in [-0.2, -0.15) is 0 Å². The normalized spacial score (nSPS) is 15.9. The summed E-state index contributed by atoms with van der Waals surface area (Å²) >= 11 is 5.97. The highest BCUT2D eigenvalue weighted by Gasteiger charge is 2.34. The van der Waals surface area contributed by atoms with Crippen LogP contribution in [0, 0.1) is 5.82 Å². The summed E-state index contributed by atoms with van der Waals surface area (Å²) in [5.74, 6) is -0.421. The van der Waals surface area contributed by atoms with Crippen LogP contribution in [0.25, 0.3) is 0 Å². The first-order valence-corrected chi connectivity index (χ1v) is 12.5. The van der Waals surface area contributed by atoms with Crippen molar-refractivity contribution in [3.05, 3.63) is 83.1 Å². The molecule has 1 atom stereocenters. The van der Waals surface area contributed by atoms with Crippen molar-refractivity contribution in [2.45, 2.75) is 37.2 Å². The van der Waals surface area contributed by atoms with Gasteiger partial charge in [0.2, 0.25) is 5.91 Å². The van der Waals surface area contributed by atoms with Crippen LogP contribution < -0.4 is 14.4 Å². The molecule has 0 radical (unpaired) electrons. The fourth-order valence-corrected chi connectivity index (χ4v) is 5.39. The minimum absolute atomic E-state index is 0.0349. The minimum atomic E-state index is -3.98. The lowest BCUT2D eigenvalue weighted by Crippen LogP contribution is -2.42. The lowest BCUT2D eigenvalue weighted by Gasteiger charge is -2.34. The Bertz CT molecular complexity index is 1330. The van der Waals surface area contributed by atoms with Crippen molar-refractivity contribution in [2.24, 2.45) is 0 Å². The highest BCUT2D eigenvalue weighted by molar-refractivity contribution is 7.92. The van der Waals surface area contributed by atoms with Crippen LogP contribution in [0.3, 0.4) is 0 Å². The largest absolute Gasteiger partial charge is 0.487 e. The number of anilines is 2. The second-order valence-electron chi connectivity index (χ2n) is 8.69. The van der Waals surface area contributed by atoms with Gasteiger partial charge in [-0.3, -0.25) is 9.10 Å². The van der Waals surface area contributed by atoms with Crippen molar-refractivity contribution in [3.63, 3.8) is 0 Å². The van der Waals surface area contributed by atoms with Gasteiger partial charge >= 0.3 is 0 Å². The first kappa shape index (κ1) is 24.0. The number of nitrogens with one attached hydrogen (secondary N) is 1. The molecule has 1 heterocycles. The Labute approximate surface area is 203 Å². The van der Waals surface area contributed by atoms with Gasteiger partial charge in [-0.05, 0) is 80.9 Å². The van der Waals surface area contributed by atoms with Gasteiger partial charge in [0.1, 0.15) is 17.7 Å². The van der Waals surface area contributed by atoms with Crippen molar-refractivity contribution in [2.75, 3.05) is 16.2 Å². The Hall–Kier alpha value is -3.10. The molecule has 1 N–H and O–H groups in total. The van der Waals surface area contributed by atoms with Crippen LogP contribution in [0.2, 0.25) is 5.02 Å². The zero-order chi connectivity index (χ0) is 24.7. The maximum absolute atomic E-state index is 13.4. The first-order chi connectivity index (χ1) is 16.0. The molecule has 0 saturated carbocycles. The molecule has 1 aliphatic rings. The number of hydrogen-bond donors (Lipinski definition) is 1. The average Bonchev–Trinajstić information content (AvgIpc) is 2.79. The monoisotopic (exact) mass is 502 g/mol. The van der Waals surface area contributed by atoms with Crippen LogP contribution in [0.5, 0.6) is 5.75 Å². The van der Waals surface area contributed by atoms with Gasteiger partial charge in [0.25, 0.3) is 10.0 Å². The second kappa shape index (κ2) is 8.92. The summed E-state index contributed by atoms with van der Waals surface area (Å²) in [4.78, 5) is 13.1. The number of hydrogen-bond acceptors (Lipinski definition) is 4. The predicted octanol–water partition coefficient (Wildman–Crippen LogP) is 5.37. The summed E-state index contributed by atoms with van der Waals surface area (Å²) in [5, 5.41) is 3.45. The average molecular weight is 503 g/mol. The number of halogens is 2. The lowest BCUT2D eigenvalue weighted by atomic mass is 9.83. The van der Waals surface area contributed by atoms with Crippen LogP contribution in [0.4, 0.5) is 15.8 Å². The summed E-state index contributed by atoms with van der Waals surface area (Å²) < 4.78 is 47.1. The summed E-state index contributed by atoms with van der Waals surface area (Å²) in [6, 6.07) is 16.6. The van der Waals surface area contributed by atoms with Crippen LogP contribution in [-0.4, -0.2) is 27.0 Å². The van der Waals surface area contributed by atoms with Gasteiger partial charge in [-0.1, -0.05) is 23.7 Å². The molecule has 3 aromatic carbocycles. The number of sulfonamides is 1. The van der Waals surface area contributed by atoms with E-state index in [0.717, 1.165) is 17.7 Å². The van der Waals surface area contributed by atoms with E-state index in [0.29, 0.717) is 22.1 Å². The fourth-order valence-electron chi connectivity index (χ4n) is 3.72. The van der Waals surface area contributed by atoms with Gasteiger partial charge in [0.05, 0.1) is 22.5 Å². The molecule has 0 bridgehead atoms. The number of carbonyl (C=O) groups is 1. The molecule has 0 spiro atoms. The van der Waals surface area contributed by atoms with E-state index in [1.807, 2.05) is 0 Å². The number of ether oxygens (including phenoxy) is 1. The minimum Gasteiger partial charge on any atom is -0.487 e. The molecule has 9 heteroatoms. The van der Waals surface area contributed by atoms with E-state index in [4.69, 9.17) is 16.3 Å². The van der Waals surface area contributed by atoms with Crippen molar-refractivity contribution < 1.29 is 22.3 Å². The third kappa shape index (κ3) is 4.60. The number of nitrogens with zero attached hydrogens (tertiary/aromatic N) is 1. The van der Waals surface area contributed by atoms with Crippen molar-refractivity contribution >= 4 is 38.9 Å². The molecule has 1 unspecified atom stereocenters. The Kier molecular flexibility index (Phi) is 6.31. The Morgan fingerprint density at radius 3 is 2.38 bits per heavy atom. The third-order valence-corrected chi connectivity index (χ3v) is 7.82. The Balaban J connectivity index is 1.66. The fraction of sp³-hybridized carbons (Fsp3) is 0.240. The van der Waals surface area contributed by atoms with Gasteiger partial charge in [0, 0.05) is 10.7 Å². The molecular weight excluding hydrogens is 479 g/mol. The standard InChI is InChI=1S/C25H24ClFN2O4S/c1-16-15-29(34(31,32)21-11-8-19(27)9-12-21)22-14-20(10-13-23(22)33-16)28-24(30)25(2,3)17-4-6-18(26)7-5-17/h4-14,16H,15H2,1-3H3,(H,28,30). The molecule has 0 fully saturated rings. The highest BCUT2D eigenvalue weighted by Crippen LogP contribution is 2.39. The maximum atomic E-state index is 13.4. The van der Waals surface area contributed by atoms with E-state index in [-0.39, 0.29) is 17.3 Å².